The molecule has 9 heteroatoms. The Morgan fingerprint density at radius 2 is 2.26 bits per heavy atom. The number of hydrogen-bond acceptors (Lipinski definition) is 6. The zero-order valence-corrected chi connectivity index (χ0v) is 15.4. The molecule has 0 amide bonds. The number of carboxylic acid groups (broad SMARTS) is 1. The lowest BCUT2D eigenvalue weighted by atomic mass is 10.1. The average Bonchev–Trinajstić information content (AvgIpc) is 3.10. The van der Waals surface area contributed by atoms with Crippen molar-refractivity contribution in [3.63, 3.8) is 0 Å². The van der Waals surface area contributed by atoms with Crippen LogP contribution in [0.3, 0.4) is 0 Å². The minimum absolute atomic E-state index is 0.000228. The second-order valence-corrected chi connectivity index (χ2v) is 6.55. The molecule has 3 heterocycles. The first-order chi connectivity index (χ1) is 12.9. The summed E-state index contributed by atoms with van der Waals surface area (Å²) in [6.45, 7) is 7.44. The molecule has 2 aromatic rings. The second-order valence-electron chi connectivity index (χ2n) is 6.55. The molecule has 8 nitrogen and oxygen atoms in total. The van der Waals surface area contributed by atoms with Gasteiger partial charge in [0, 0.05) is 19.6 Å². The van der Waals surface area contributed by atoms with Crippen LogP contribution in [0.5, 0.6) is 5.75 Å². The number of nitrogens with zero attached hydrogens (tertiary/aromatic N) is 3. The summed E-state index contributed by atoms with van der Waals surface area (Å²) >= 11 is 0. The third-order valence-electron chi connectivity index (χ3n) is 4.76. The lowest BCUT2D eigenvalue weighted by Gasteiger charge is -2.20. The summed E-state index contributed by atoms with van der Waals surface area (Å²) in [6, 6.07) is 1.12. The predicted molar refractivity (Wildman–Crippen MR) is 99.2 cm³/mol. The van der Waals surface area contributed by atoms with Crippen LogP contribution in [0, 0.1) is 11.7 Å². The summed E-state index contributed by atoms with van der Waals surface area (Å²) in [5.74, 6) is -0.326. The largest absolute Gasteiger partial charge is 0.511 e. The van der Waals surface area contributed by atoms with Gasteiger partial charge in [0.1, 0.15) is 5.65 Å². The lowest BCUT2D eigenvalue weighted by Crippen LogP contribution is -2.27. The molecule has 1 unspecified atom stereocenters. The van der Waals surface area contributed by atoms with E-state index in [1.165, 1.54) is 6.20 Å². The summed E-state index contributed by atoms with van der Waals surface area (Å²) in [4.78, 5) is 29.5. The zero-order valence-electron chi connectivity index (χ0n) is 15.4. The van der Waals surface area contributed by atoms with Gasteiger partial charge in [0.15, 0.2) is 17.4 Å². The molecule has 1 fully saturated rings. The van der Waals surface area contributed by atoms with Gasteiger partial charge in [-0.3, -0.25) is 4.79 Å². The highest BCUT2D eigenvalue weighted by molar-refractivity contribution is 5.79. The third-order valence-corrected chi connectivity index (χ3v) is 4.76. The van der Waals surface area contributed by atoms with Crippen LogP contribution in [0.1, 0.15) is 20.3 Å². The molecule has 1 aliphatic heterocycles. The number of nitrogens with one attached hydrogen (secondary N) is 1. The summed E-state index contributed by atoms with van der Waals surface area (Å²) in [5, 5.41) is 12.1. The molecule has 2 aromatic heterocycles. The van der Waals surface area contributed by atoms with Crippen LogP contribution in [-0.2, 0) is 6.54 Å². The highest BCUT2D eigenvalue weighted by atomic mass is 19.1. The Kier molecular flexibility index (Phi) is 5.59. The molecule has 0 saturated carbocycles. The molecule has 0 aromatic carbocycles. The summed E-state index contributed by atoms with van der Waals surface area (Å²) < 4.78 is 20.9. The molecule has 146 valence electrons. The van der Waals surface area contributed by atoms with Gasteiger partial charge >= 0.3 is 6.16 Å². The smallest absolute Gasteiger partial charge is 0.449 e. The van der Waals surface area contributed by atoms with Crippen molar-refractivity contribution in [1.82, 2.24) is 14.9 Å². The van der Waals surface area contributed by atoms with Crippen LogP contribution in [0.25, 0.3) is 11.0 Å². The Bertz CT molecular complexity index is 914. The van der Waals surface area contributed by atoms with Crippen LogP contribution in [-0.4, -0.2) is 47.0 Å². The SMILES string of the molecule is CCNCC1CCN(c2nc3c(cc2F)c(=O)c(OC(=O)O)cn3CC)C1. The van der Waals surface area contributed by atoms with Crippen LogP contribution in [0.15, 0.2) is 17.1 Å². The van der Waals surface area contributed by atoms with E-state index in [1.54, 1.807) is 4.57 Å². The van der Waals surface area contributed by atoms with E-state index in [2.05, 4.69) is 15.0 Å². The topological polar surface area (TPSA) is 96.7 Å². The zero-order chi connectivity index (χ0) is 19.6. The first kappa shape index (κ1) is 19.1. The van der Waals surface area contributed by atoms with E-state index < -0.39 is 17.4 Å². The highest BCUT2D eigenvalue weighted by Crippen LogP contribution is 2.27. The fourth-order valence-electron chi connectivity index (χ4n) is 3.42. The number of ether oxygens (including phenoxy) is 1. The number of anilines is 1. The number of aryl methyl sites for hydroxylation is 1. The van der Waals surface area contributed by atoms with Crippen LogP contribution in [0.4, 0.5) is 15.0 Å². The standard InChI is InChI=1S/C18H23FN4O4/c1-3-20-8-11-5-6-23(9-11)17-13(19)7-12-15(24)14(27-18(25)26)10-22(4-2)16(12)21-17/h7,10-11,20H,3-6,8-9H2,1-2H3,(H,25,26). The second kappa shape index (κ2) is 7.91. The van der Waals surface area contributed by atoms with E-state index in [9.17, 15) is 14.0 Å². The van der Waals surface area contributed by atoms with E-state index in [1.807, 2.05) is 18.7 Å². The van der Waals surface area contributed by atoms with Gasteiger partial charge in [0.2, 0.25) is 5.43 Å². The maximum absolute atomic E-state index is 14.7. The minimum Gasteiger partial charge on any atom is -0.449 e. The quantitative estimate of drug-likeness (QED) is 0.743. The van der Waals surface area contributed by atoms with Crippen molar-refractivity contribution < 1.29 is 19.0 Å². The Morgan fingerprint density at radius 3 is 2.93 bits per heavy atom. The minimum atomic E-state index is -1.59. The number of aromatic nitrogens is 2. The van der Waals surface area contributed by atoms with Crippen molar-refractivity contribution >= 4 is 23.0 Å². The number of rotatable bonds is 6. The van der Waals surface area contributed by atoms with Crippen LogP contribution >= 0.6 is 0 Å². The van der Waals surface area contributed by atoms with Crippen molar-refractivity contribution in [1.29, 1.82) is 0 Å². The normalized spacial score (nSPS) is 16.9. The predicted octanol–water partition coefficient (Wildman–Crippen LogP) is 2.05. The molecular formula is C18H23FN4O4. The Morgan fingerprint density at radius 1 is 1.48 bits per heavy atom. The van der Waals surface area contributed by atoms with Crippen LogP contribution < -0.4 is 20.4 Å². The Hall–Kier alpha value is -2.68. The fourth-order valence-corrected chi connectivity index (χ4v) is 3.42. The number of fused-ring (bicyclic) bond motifs is 1. The number of hydrogen-bond donors (Lipinski definition) is 2. The van der Waals surface area contributed by atoms with Crippen LogP contribution in [0.2, 0.25) is 0 Å². The van der Waals surface area contributed by atoms with Crippen molar-refractivity contribution in [2.24, 2.45) is 5.92 Å². The number of carbonyl (C=O) groups is 1. The molecule has 1 saturated heterocycles. The molecule has 3 rings (SSSR count). The van der Waals surface area contributed by atoms with Gasteiger partial charge in [-0.15, -0.1) is 0 Å². The van der Waals surface area contributed by atoms with E-state index in [4.69, 9.17) is 5.11 Å². The van der Waals surface area contributed by atoms with Gasteiger partial charge in [-0.1, -0.05) is 6.92 Å². The fraction of sp³-hybridized carbons (Fsp3) is 0.500. The monoisotopic (exact) mass is 378 g/mol. The maximum Gasteiger partial charge on any atom is 0.511 e. The van der Waals surface area contributed by atoms with Gasteiger partial charge in [0.25, 0.3) is 0 Å². The Labute approximate surface area is 155 Å². The Balaban J connectivity index is 2.01. The molecule has 1 atom stereocenters. The number of halogens is 1. The van der Waals surface area contributed by atoms with Gasteiger partial charge < -0.3 is 24.6 Å². The molecule has 2 N–H and O–H groups in total. The molecule has 27 heavy (non-hydrogen) atoms. The van der Waals surface area contributed by atoms with Gasteiger partial charge in [-0.05, 0) is 38.4 Å². The summed E-state index contributed by atoms with van der Waals surface area (Å²) in [6.07, 6.45) is 0.645. The maximum atomic E-state index is 14.7. The first-order valence-electron chi connectivity index (χ1n) is 9.04. The van der Waals surface area contributed by atoms with Crippen molar-refractivity contribution in [3.8, 4) is 5.75 Å². The highest BCUT2D eigenvalue weighted by Gasteiger charge is 2.26. The molecule has 0 bridgehead atoms. The van der Waals surface area contributed by atoms with Crippen molar-refractivity contribution in [2.45, 2.75) is 26.8 Å². The lowest BCUT2D eigenvalue weighted by molar-refractivity contribution is 0.144. The van der Waals surface area contributed by atoms with E-state index in [-0.39, 0.29) is 17.0 Å². The molecule has 0 aliphatic carbocycles. The van der Waals surface area contributed by atoms with Crippen molar-refractivity contribution in [2.75, 3.05) is 31.1 Å². The van der Waals surface area contributed by atoms with Gasteiger partial charge in [-0.2, -0.15) is 0 Å². The molecule has 0 radical (unpaired) electrons. The van der Waals surface area contributed by atoms with E-state index in [0.717, 1.165) is 25.6 Å². The van der Waals surface area contributed by atoms with Gasteiger partial charge in [-0.25, -0.2) is 14.2 Å². The summed E-state index contributed by atoms with van der Waals surface area (Å²) in [7, 11) is 0. The molecule has 1 aliphatic rings. The average molecular weight is 378 g/mol. The molecule has 0 spiro atoms. The number of pyridine rings is 2. The van der Waals surface area contributed by atoms with Gasteiger partial charge in [0.05, 0.1) is 11.6 Å². The van der Waals surface area contributed by atoms with E-state index in [0.29, 0.717) is 31.2 Å². The third kappa shape index (κ3) is 3.87. The summed E-state index contributed by atoms with van der Waals surface area (Å²) in [5.41, 5.74) is -0.381. The molecular weight excluding hydrogens is 355 g/mol. The van der Waals surface area contributed by atoms with Crippen molar-refractivity contribution in [3.05, 3.63) is 28.3 Å². The first-order valence-corrected chi connectivity index (χ1v) is 9.04. The van der Waals surface area contributed by atoms with E-state index >= 15 is 0 Å².